The van der Waals surface area contributed by atoms with Crippen LogP contribution in [0.2, 0.25) is 0 Å². The molecule has 1 aliphatic heterocycles. The van der Waals surface area contributed by atoms with E-state index in [-0.39, 0.29) is 29.7 Å². The van der Waals surface area contributed by atoms with Crippen LogP contribution in [0.15, 0.2) is 83.5 Å². The maximum atomic E-state index is 15.4. The molecule has 0 radical (unpaired) electrons. The highest BCUT2D eigenvalue weighted by atomic mass is 16.6. The van der Waals surface area contributed by atoms with E-state index in [2.05, 4.69) is 5.32 Å². The van der Waals surface area contributed by atoms with Crippen molar-refractivity contribution in [2.75, 3.05) is 6.61 Å². The highest BCUT2D eigenvalue weighted by molar-refractivity contribution is 5.96. The summed E-state index contributed by atoms with van der Waals surface area (Å²) >= 11 is 0. The number of aliphatic hydroxyl groups excluding tert-OH is 2. The maximum Gasteiger partial charge on any atom is 0.338 e. The van der Waals surface area contributed by atoms with Crippen molar-refractivity contribution in [1.29, 1.82) is 0 Å². The standard InChI is InChI=1S/C45H53NO14/c1-9-23(2)39(52)46-33(27-16-12-10-13-17-27)34(50)41(54)58-29-21-45(55)38(59-40(53)28-18-14-11-15-19-28)36-43(8,30(49)20-31-44(36,22-56-31)60-26(5)48)37(51)35(57-25(4)47)32(24(29)3)42(45,6)7/h9-19,29-31,33-36,38,49-50,55H,20-22H2,1-8H3,(H,46,52)/b23-9+/t29-,30+,31-,33-,34+,35-,36+,38-,43-,44+,45-/m1/s1. The summed E-state index contributed by atoms with van der Waals surface area (Å²) in [5.74, 6) is -6.78. The van der Waals surface area contributed by atoms with Crippen LogP contribution in [-0.4, -0.2) is 105 Å². The van der Waals surface area contributed by atoms with Crippen LogP contribution in [0.1, 0.15) is 90.2 Å². The molecular formula is C45H53NO14. The summed E-state index contributed by atoms with van der Waals surface area (Å²) < 4.78 is 30.2. The van der Waals surface area contributed by atoms with Gasteiger partial charge < -0.3 is 44.3 Å². The van der Waals surface area contributed by atoms with Crippen molar-refractivity contribution in [2.24, 2.45) is 16.7 Å². The number of fused-ring (bicyclic) bond motifs is 5. The third-order valence-electron chi connectivity index (χ3n) is 13.2. The van der Waals surface area contributed by atoms with Gasteiger partial charge in [0.25, 0.3) is 0 Å². The summed E-state index contributed by atoms with van der Waals surface area (Å²) in [6.07, 6.45) is -8.88. The number of benzene rings is 2. The lowest BCUT2D eigenvalue weighted by Crippen LogP contribution is -2.82. The maximum absolute atomic E-state index is 15.4. The van der Waals surface area contributed by atoms with Crippen LogP contribution < -0.4 is 5.32 Å². The molecule has 1 amide bonds. The Morgan fingerprint density at radius 3 is 2.08 bits per heavy atom. The van der Waals surface area contributed by atoms with Gasteiger partial charge in [-0.05, 0) is 56.5 Å². The van der Waals surface area contributed by atoms with Crippen LogP contribution in [0.3, 0.4) is 0 Å². The van der Waals surface area contributed by atoms with Crippen molar-refractivity contribution < 1.29 is 67.8 Å². The van der Waals surface area contributed by atoms with Crippen LogP contribution in [0, 0.1) is 16.7 Å². The quantitative estimate of drug-likeness (QED) is 0.117. The first-order chi connectivity index (χ1) is 28.1. The number of esters is 4. The van der Waals surface area contributed by atoms with E-state index in [0.717, 1.165) is 13.8 Å². The summed E-state index contributed by atoms with van der Waals surface area (Å²) in [7, 11) is 0. The Labute approximate surface area is 348 Å². The number of rotatable bonds is 10. The monoisotopic (exact) mass is 831 g/mol. The Morgan fingerprint density at radius 1 is 0.917 bits per heavy atom. The predicted octanol–water partition coefficient (Wildman–Crippen LogP) is 3.39. The summed E-state index contributed by atoms with van der Waals surface area (Å²) in [5.41, 5.74) is -6.91. The van der Waals surface area contributed by atoms with Gasteiger partial charge in [-0.2, -0.15) is 0 Å². The molecular weight excluding hydrogens is 778 g/mol. The average Bonchev–Trinajstić information content (AvgIpc) is 3.20. The Morgan fingerprint density at radius 2 is 1.53 bits per heavy atom. The second-order valence-electron chi connectivity index (χ2n) is 17.0. The zero-order chi connectivity index (χ0) is 44.1. The van der Waals surface area contributed by atoms with E-state index in [1.54, 1.807) is 82.3 Å². The SMILES string of the molecule is C/C=C(\C)C(=O)N[C@H](c1ccccc1)[C@H](O)C(=O)O[C@@H]1C[C@@]2(O)[C@H](OC(=O)c3ccccc3)[C@@H]3[C@]4(OC(C)=O)CO[C@@H]4C[C@H](O)[C@@]3(C)C(=O)[C@H](OC(C)=O)C(=C1C)C2(C)C. The van der Waals surface area contributed by atoms with E-state index in [1.807, 2.05) is 0 Å². The minimum Gasteiger partial charge on any atom is -0.456 e. The summed E-state index contributed by atoms with van der Waals surface area (Å²) in [6, 6.07) is 14.8. The van der Waals surface area contributed by atoms with Gasteiger partial charge in [0.1, 0.15) is 23.9 Å². The van der Waals surface area contributed by atoms with Gasteiger partial charge in [0, 0.05) is 37.7 Å². The minimum atomic E-state index is -2.38. The molecule has 0 spiro atoms. The second-order valence-corrected chi connectivity index (χ2v) is 17.0. The second kappa shape index (κ2) is 16.3. The van der Waals surface area contributed by atoms with Crippen LogP contribution in [0.4, 0.5) is 0 Å². The van der Waals surface area contributed by atoms with Gasteiger partial charge in [0.2, 0.25) is 5.91 Å². The molecule has 0 unspecified atom stereocenters. The molecule has 4 aliphatic rings. The fraction of sp³-hybridized carbons (Fsp3) is 0.511. The Kier molecular flexibility index (Phi) is 12.1. The zero-order valence-electron chi connectivity index (χ0n) is 34.9. The Bertz CT molecular complexity index is 2110. The lowest BCUT2D eigenvalue weighted by Gasteiger charge is -2.67. The molecule has 60 heavy (non-hydrogen) atoms. The molecule has 3 aliphatic carbocycles. The lowest BCUT2D eigenvalue weighted by atomic mass is 9.44. The average molecular weight is 832 g/mol. The normalized spacial score (nSPS) is 32.9. The largest absolute Gasteiger partial charge is 0.456 e. The number of amides is 1. The van der Waals surface area contributed by atoms with Crippen molar-refractivity contribution in [3.05, 3.63) is 94.6 Å². The van der Waals surface area contributed by atoms with Gasteiger partial charge in [-0.25, -0.2) is 9.59 Å². The Hall–Kier alpha value is -5.22. The molecule has 15 heteroatoms. The molecule has 2 aromatic rings. The van der Waals surface area contributed by atoms with Crippen LogP contribution in [0.25, 0.3) is 0 Å². The van der Waals surface area contributed by atoms with Crippen molar-refractivity contribution in [3.63, 3.8) is 0 Å². The third kappa shape index (κ3) is 7.24. The number of hydrogen-bond donors (Lipinski definition) is 4. The Balaban J connectivity index is 1.56. The van der Waals surface area contributed by atoms with Crippen LogP contribution in [-0.2, 0) is 47.7 Å². The van der Waals surface area contributed by atoms with E-state index in [9.17, 15) is 39.3 Å². The van der Waals surface area contributed by atoms with Crippen molar-refractivity contribution in [3.8, 4) is 0 Å². The van der Waals surface area contributed by atoms with Gasteiger partial charge in [0.15, 0.2) is 23.6 Å². The highest BCUT2D eigenvalue weighted by Gasteiger charge is 2.78. The number of Topliss-reactive ketones (excluding diaryl/α,β-unsaturated/α-hetero) is 1. The molecule has 2 bridgehead atoms. The third-order valence-corrected chi connectivity index (χ3v) is 13.2. The van der Waals surface area contributed by atoms with E-state index in [4.69, 9.17) is 23.7 Å². The van der Waals surface area contributed by atoms with Crippen molar-refractivity contribution in [2.45, 2.75) is 122 Å². The molecule has 4 N–H and O–H groups in total. The summed E-state index contributed by atoms with van der Waals surface area (Å²) in [5, 5.41) is 40.0. The first-order valence-electron chi connectivity index (χ1n) is 19.9. The van der Waals surface area contributed by atoms with Gasteiger partial charge in [-0.3, -0.25) is 19.2 Å². The smallest absolute Gasteiger partial charge is 0.338 e. The van der Waals surface area contributed by atoms with E-state index >= 15 is 4.79 Å². The van der Waals surface area contributed by atoms with Crippen molar-refractivity contribution >= 4 is 35.6 Å². The van der Waals surface area contributed by atoms with Crippen LogP contribution in [0.5, 0.6) is 0 Å². The highest BCUT2D eigenvalue weighted by Crippen LogP contribution is 2.64. The molecule has 1 heterocycles. The van der Waals surface area contributed by atoms with Gasteiger partial charge in [-0.1, -0.05) is 68.5 Å². The fourth-order valence-corrected chi connectivity index (χ4v) is 9.75. The van der Waals surface area contributed by atoms with Gasteiger partial charge in [-0.15, -0.1) is 0 Å². The summed E-state index contributed by atoms with van der Waals surface area (Å²) in [4.78, 5) is 82.9. The van der Waals surface area contributed by atoms with E-state index in [1.165, 1.54) is 26.0 Å². The molecule has 1 saturated heterocycles. The molecule has 3 fully saturated rings. The molecule has 0 aromatic heterocycles. The first kappa shape index (κ1) is 44.3. The van der Waals surface area contributed by atoms with Gasteiger partial charge in [0.05, 0.1) is 35.6 Å². The molecule has 15 nitrogen and oxygen atoms in total. The number of carbonyl (C=O) groups excluding carboxylic acids is 6. The van der Waals surface area contributed by atoms with Gasteiger partial charge >= 0.3 is 23.9 Å². The molecule has 2 aromatic carbocycles. The number of ether oxygens (including phenoxy) is 5. The number of aliphatic hydroxyl groups is 3. The topological polar surface area (TPSA) is 221 Å². The minimum absolute atomic E-state index is 0.00140. The molecule has 6 rings (SSSR count). The zero-order valence-corrected chi connectivity index (χ0v) is 34.9. The number of nitrogens with one attached hydrogen (secondary N) is 1. The molecule has 11 atom stereocenters. The number of carbonyl (C=O) groups is 6. The molecule has 322 valence electrons. The number of allylic oxidation sites excluding steroid dienone is 1. The number of hydrogen-bond acceptors (Lipinski definition) is 14. The lowest BCUT2D eigenvalue weighted by molar-refractivity contribution is -0.346. The molecule has 2 saturated carbocycles. The van der Waals surface area contributed by atoms with Crippen LogP contribution >= 0.6 is 0 Å². The number of ketones is 1. The summed E-state index contributed by atoms with van der Waals surface area (Å²) in [6.45, 7) is 11.2. The fourth-order valence-electron chi connectivity index (χ4n) is 9.75. The predicted molar refractivity (Wildman–Crippen MR) is 211 cm³/mol. The van der Waals surface area contributed by atoms with E-state index in [0.29, 0.717) is 11.1 Å². The van der Waals surface area contributed by atoms with E-state index < -0.39 is 113 Å². The first-order valence-corrected chi connectivity index (χ1v) is 19.9. The van der Waals surface area contributed by atoms with Crippen molar-refractivity contribution in [1.82, 2.24) is 5.32 Å².